The summed E-state index contributed by atoms with van der Waals surface area (Å²) in [6.45, 7) is 13.5. The van der Waals surface area contributed by atoms with E-state index in [1.54, 1.807) is 20.8 Å². The van der Waals surface area contributed by atoms with Crippen LogP contribution in [0.2, 0.25) is 0 Å². The Kier molecular flexibility index (Phi) is 6.86. The molecule has 0 spiro atoms. The van der Waals surface area contributed by atoms with Gasteiger partial charge in [0.2, 0.25) is 0 Å². The normalized spacial score (nSPS) is 13.9. The fourth-order valence-electron chi connectivity index (χ4n) is 0.526. The average molecular weight is 217 g/mol. The Morgan fingerprint density at radius 2 is 1.53 bits per heavy atom. The molecule has 0 amide bonds. The van der Waals surface area contributed by atoms with Gasteiger partial charge in [-0.05, 0) is 40.5 Å². The predicted octanol–water partition coefficient (Wildman–Crippen LogP) is 2.89. The monoisotopic (exact) mass is 217 g/mol. The van der Waals surface area contributed by atoms with Crippen LogP contribution in [0.5, 0.6) is 0 Å². The third kappa shape index (κ3) is 9.73. The fourth-order valence-corrected chi connectivity index (χ4v) is 0.526. The van der Waals surface area contributed by atoms with Crippen LogP contribution in [0.4, 0.5) is 0 Å². The molecule has 0 aliphatic carbocycles. The van der Waals surface area contributed by atoms with Crippen molar-refractivity contribution in [3.8, 4) is 0 Å². The van der Waals surface area contributed by atoms with Gasteiger partial charge in [0.05, 0.1) is 5.41 Å². The first kappa shape index (κ1) is 16.8. The van der Waals surface area contributed by atoms with Crippen LogP contribution < -0.4 is 5.73 Å². The van der Waals surface area contributed by atoms with Crippen LogP contribution in [-0.2, 0) is 4.79 Å². The number of rotatable bonds is 2. The summed E-state index contributed by atoms with van der Waals surface area (Å²) in [5.41, 5.74) is 5.21. The van der Waals surface area contributed by atoms with Crippen LogP contribution in [0, 0.1) is 11.3 Å². The second-order valence-corrected chi connectivity index (χ2v) is 5.69. The Hall–Kier alpha value is -0.570. The van der Waals surface area contributed by atoms with E-state index >= 15 is 0 Å². The molecule has 3 heteroatoms. The molecule has 1 atom stereocenters. The topological polar surface area (TPSA) is 63.3 Å². The van der Waals surface area contributed by atoms with E-state index in [9.17, 15) is 4.79 Å². The summed E-state index contributed by atoms with van der Waals surface area (Å²) >= 11 is 0. The van der Waals surface area contributed by atoms with Gasteiger partial charge in [-0.15, -0.1) is 0 Å². The minimum absolute atomic E-state index is 0.00868. The molecular weight excluding hydrogens is 190 g/mol. The average Bonchev–Trinajstić information content (AvgIpc) is 2.00. The lowest BCUT2D eigenvalue weighted by atomic mass is 9.88. The van der Waals surface area contributed by atoms with Gasteiger partial charge in [-0.3, -0.25) is 4.79 Å². The van der Waals surface area contributed by atoms with Crippen molar-refractivity contribution >= 4 is 5.97 Å². The summed E-state index contributed by atoms with van der Waals surface area (Å²) < 4.78 is 0. The van der Waals surface area contributed by atoms with E-state index < -0.39 is 11.4 Å². The summed E-state index contributed by atoms with van der Waals surface area (Å²) in [7, 11) is 0. The van der Waals surface area contributed by atoms with Gasteiger partial charge in [0.25, 0.3) is 0 Å². The molecule has 0 fully saturated rings. The third-order valence-electron chi connectivity index (χ3n) is 2.52. The van der Waals surface area contributed by atoms with E-state index in [0.717, 1.165) is 0 Å². The first-order valence-corrected chi connectivity index (χ1v) is 5.45. The molecule has 0 saturated carbocycles. The molecule has 3 nitrogen and oxygen atoms in total. The lowest BCUT2D eigenvalue weighted by Crippen LogP contribution is -2.38. The quantitative estimate of drug-likeness (QED) is 0.747. The molecule has 0 heterocycles. The smallest absolute Gasteiger partial charge is 0.308 e. The van der Waals surface area contributed by atoms with Gasteiger partial charge in [-0.25, -0.2) is 0 Å². The van der Waals surface area contributed by atoms with Crippen molar-refractivity contribution in [2.45, 2.75) is 60.4 Å². The maximum absolute atomic E-state index is 10.0. The molecule has 1 unspecified atom stereocenters. The van der Waals surface area contributed by atoms with Crippen molar-refractivity contribution in [1.29, 1.82) is 0 Å². The molecule has 3 N–H and O–H groups in total. The van der Waals surface area contributed by atoms with Crippen molar-refractivity contribution in [2.24, 2.45) is 17.1 Å². The molecular formula is C12H27NO2. The molecule has 0 aromatic rings. The molecule has 0 aliphatic rings. The minimum Gasteiger partial charge on any atom is -0.481 e. The van der Waals surface area contributed by atoms with Gasteiger partial charge < -0.3 is 10.8 Å². The van der Waals surface area contributed by atoms with Gasteiger partial charge in [0, 0.05) is 5.54 Å². The lowest BCUT2D eigenvalue weighted by Gasteiger charge is -2.25. The Morgan fingerprint density at radius 3 is 1.53 bits per heavy atom. The summed E-state index contributed by atoms with van der Waals surface area (Å²) in [6, 6.07) is 0. The number of hydrogen-bond donors (Lipinski definition) is 2. The van der Waals surface area contributed by atoms with Crippen molar-refractivity contribution < 1.29 is 9.90 Å². The molecule has 0 saturated heterocycles. The first-order valence-electron chi connectivity index (χ1n) is 5.45. The number of carboxylic acids is 1. The summed E-state index contributed by atoms with van der Waals surface area (Å²) in [5, 5.41) is 8.25. The van der Waals surface area contributed by atoms with Crippen LogP contribution in [0.1, 0.15) is 54.9 Å². The van der Waals surface area contributed by atoms with Crippen molar-refractivity contribution in [2.75, 3.05) is 0 Å². The zero-order chi connectivity index (χ0) is 12.9. The van der Waals surface area contributed by atoms with Crippen LogP contribution in [0.15, 0.2) is 0 Å². The third-order valence-corrected chi connectivity index (χ3v) is 2.52. The summed E-state index contributed by atoms with van der Waals surface area (Å²) in [4.78, 5) is 10.0. The first-order chi connectivity index (χ1) is 6.42. The Labute approximate surface area is 94.1 Å². The molecule has 0 aliphatic heterocycles. The Morgan fingerprint density at radius 1 is 1.27 bits per heavy atom. The second kappa shape index (κ2) is 6.11. The van der Waals surface area contributed by atoms with E-state index in [1.165, 1.54) is 6.42 Å². The van der Waals surface area contributed by atoms with Gasteiger partial charge in [-0.1, -0.05) is 20.3 Å². The zero-order valence-corrected chi connectivity index (χ0v) is 11.2. The Bertz CT molecular complexity index is 187. The maximum Gasteiger partial charge on any atom is 0.308 e. The SMILES string of the molecule is CC(C)(C)C(=O)O.CCC(C)C(C)(C)N. The molecule has 15 heavy (non-hydrogen) atoms. The predicted molar refractivity (Wildman–Crippen MR) is 64.8 cm³/mol. The van der Waals surface area contributed by atoms with Gasteiger partial charge in [0.1, 0.15) is 0 Å². The van der Waals surface area contributed by atoms with E-state index in [4.69, 9.17) is 10.8 Å². The largest absolute Gasteiger partial charge is 0.481 e. The molecule has 0 rings (SSSR count). The van der Waals surface area contributed by atoms with Crippen LogP contribution >= 0.6 is 0 Å². The number of carboxylic acid groups (broad SMARTS) is 1. The lowest BCUT2D eigenvalue weighted by molar-refractivity contribution is -0.145. The van der Waals surface area contributed by atoms with E-state index in [2.05, 4.69) is 27.7 Å². The number of nitrogens with two attached hydrogens (primary N) is 1. The highest BCUT2D eigenvalue weighted by molar-refractivity contribution is 5.72. The maximum atomic E-state index is 10.0. The van der Waals surface area contributed by atoms with E-state index in [1.807, 2.05) is 0 Å². The van der Waals surface area contributed by atoms with Gasteiger partial charge >= 0.3 is 5.97 Å². The highest BCUT2D eigenvalue weighted by Gasteiger charge is 2.18. The molecule has 0 aromatic carbocycles. The van der Waals surface area contributed by atoms with Gasteiger partial charge in [-0.2, -0.15) is 0 Å². The van der Waals surface area contributed by atoms with Crippen LogP contribution in [0.25, 0.3) is 0 Å². The highest BCUT2D eigenvalue weighted by Crippen LogP contribution is 2.15. The molecule has 0 aromatic heterocycles. The Balaban J connectivity index is 0. The number of carbonyl (C=O) groups is 1. The zero-order valence-electron chi connectivity index (χ0n) is 11.2. The van der Waals surface area contributed by atoms with E-state index in [0.29, 0.717) is 5.92 Å². The highest BCUT2D eigenvalue weighted by atomic mass is 16.4. The van der Waals surface area contributed by atoms with Crippen molar-refractivity contribution in [3.63, 3.8) is 0 Å². The van der Waals surface area contributed by atoms with Crippen LogP contribution in [-0.4, -0.2) is 16.6 Å². The number of hydrogen-bond acceptors (Lipinski definition) is 2. The molecule has 0 radical (unpaired) electrons. The second-order valence-electron chi connectivity index (χ2n) is 5.69. The minimum atomic E-state index is -0.757. The van der Waals surface area contributed by atoms with Gasteiger partial charge in [0.15, 0.2) is 0 Å². The van der Waals surface area contributed by atoms with Crippen molar-refractivity contribution in [3.05, 3.63) is 0 Å². The van der Waals surface area contributed by atoms with Crippen LogP contribution in [0.3, 0.4) is 0 Å². The number of aliphatic carboxylic acids is 1. The standard InChI is InChI=1S/C7H17N.C5H10O2/c1-5-6(2)7(3,4)8;1-5(2,3)4(6)7/h6H,5,8H2,1-4H3;1-3H3,(H,6,7). The van der Waals surface area contributed by atoms with Crippen molar-refractivity contribution in [1.82, 2.24) is 0 Å². The summed E-state index contributed by atoms with van der Waals surface area (Å²) in [6.07, 6.45) is 1.17. The molecule has 92 valence electrons. The molecule has 0 bridgehead atoms. The van der Waals surface area contributed by atoms with E-state index in [-0.39, 0.29) is 5.54 Å². The fraction of sp³-hybridized carbons (Fsp3) is 0.917. The summed E-state index contributed by atoms with van der Waals surface area (Å²) in [5.74, 6) is -0.130.